The van der Waals surface area contributed by atoms with E-state index in [1.807, 2.05) is 6.92 Å². The van der Waals surface area contributed by atoms with E-state index in [4.69, 9.17) is 9.47 Å². The van der Waals surface area contributed by atoms with E-state index in [0.29, 0.717) is 0 Å². The lowest BCUT2D eigenvalue weighted by molar-refractivity contribution is -0.205. The maximum atomic E-state index is 10.6. The fraction of sp³-hybridized carbons (Fsp3) is 0.900. The van der Waals surface area contributed by atoms with Crippen LogP contribution in [0, 0.1) is 5.92 Å². The van der Waals surface area contributed by atoms with Crippen molar-refractivity contribution in [1.29, 1.82) is 0 Å². The third-order valence-corrected chi connectivity index (χ3v) is 2.85. The SMILES string of the molecule is CC(=O)OCC1O[C@@H](C)C(C)[C@@H](O)[C@H]1O. The number of esters is 1. The second-order valence-corrected chi connectivity index (χ2v) is 4.02. The zero-order valence-corrected chi connectivity index (χ0v) is 9.21. The van der Waals surface area contributed by atoms with E-state index in [9.17, 15) is 15.0 Å². The summed E-state index contributed by atoms with van der Waals surface area (Å²) in [5.74, 6) is -0.555. The largest absolute Gasteiger partial charge is 0.463 e. The Morgan fingerprint density at radius 3 is 2.47 bits per heavy atom. The highest BCUT2D eigenvalue weighted by Crippen LogP contribution is 2.25. The monoisotopic (exact) mass is 218 g/mol. The molecule has 0 bridgehead atoms. The number of carbonyl (C=O) groups excluding carboxylic acids is 1. The Balaban J connectivity index is 2.54. The smallest absolute Gasteiger partial charge is 0.302 e. The van der Waals surface area contributed by atoms with Gasteiger partial charge in [-0.3, -0.25) is 4.79 Å². The van der Waals surface area contributed by atoms with Crippen LogP contribution in [-0.2, 0) is 14.3 Å². The van der Waals surface area contributed by atoms with Crippen LogP contribution < -0.4 is 0 Å². The van der Waals surface area contributed by atoms with Crippen LogP contribution in [0.5, 0.6) is 0 Å². The van der Waals surface area contributed by atoms with Crippen LogP contribution in [0.4, 0.5) is 0 Å². The van der Waals surface area contributed by atoms with E-state index in [0.717, 1.165) is 0 Å². The molecule has 1 rings (SSSR count). The third-order valence-electron chi connectivity index (χ3n) is 2.85. The molecule has 0 aromatic rings. The normalized spacial score (nSPS) is 41.3. The summed E-state index contributed by atoms with van der Waals surface area (Å²) >= 11 is 0. The average Bonchev–Trinajstić information content (AvgIpc) is 2.18. The van der Waals surface area contributed by atoms with E-state index >= 15 is 0 Å². The summed E-state index contributed by atoms with van der Waals surface area (Å²) < 4.78 is 10.2. The molecular formula is C10H18O5. The first-order valence-corrected chi connectivity index (χ1v) is 5.08. The van der Waals surface area contributed by atoms with Crippen molar-refractivity contribution in [3.8, 4) is 0 Å². The molecule has 1 heterocycles. The van der Waals surface area contributed by atoms with E-state index in [1.54, 1.807) is 6.92 Å². The highest BCUT2D eigenvalue weighted by atomic mass is 16.6. The van der Waals surface area contributed by atoms with Gasteiger partial charge in [-0.1, -0.05) is 6.92 Å². The van der Waals surface area contributed by atoms with Crippen LogP contribution in [0.25, 0.3) is 0 Å². The minimum absolute atomic E-state index is 0.0232. The van der Waals surface area contributed by atoms with Gasteiger partial charge in [-0.25, -0.2) is 0 Å². The highest BCUT2D eigenvalue weighted by molar-refractivity contribution is 5.65. The molecule has 2 N–H and O–H groups in total. The number of aliphatic hydroxyl groups is 2. The fourth-order valence-corrected chi connectivity index (χ4v) is 1.63. The van der Waals surface area contributed by atoms with Crippen molar-refractivity contribution < 1.29 is 24.5 Å². The molecule has 5 nitrogen and oxygen atoms in total. The van der Waals surface area contributed by atoms with Crippen molar-refractivity contribution >= 4 is 5.97 Å². The Kier molecular flexibility index (Phi) is 4.07. The second-order valence-electron chi connectivity index (χ2n) is 4.02. The van der Waals surface area contributed by atoms with Gasteiger partial charge < -0.3 is 19.7 Å². The van der Waals surface area contributed by atoms with Crippen molar-refractivity contribution in [3.63, 3.8) is 0 Å². The molecule has 1 saturated heterocycles. The number of aliphatic hydroxyl groups excluding tert-OH is 2. The summed E-state index contributed by atoms with van der Waals surface area (Å²) in [6.07, 6.45) is -2.65. The van der Waals surface area contributed by atoms with Crippen LogP contribution in [0.3, 0.4) is 0 Å². The maximum Gasteiger partial charge on any atom is 0.302 e. The summed E-state index contributed by atoms with van der Waals surface area (Å²) in [4.78, 5) is 10.6. The van der Waals surface area contributed by atoms with E-state index < -0.39 is 24.3 Å². The van der Waals surface area contributed by atoms with Gasteiger partial charge in [0.1, 0.15) is 18.8 Å². The van der Waals surface area contributed by atoms with Gasteiger partial charge >= 0.3 is 5.97 Å². The molecule has 5 heteroatoms. The first-order valence-electron chi connectivity index (χ1n) is 5.08. The molecule has 0 aromatic heterocycles. The minimum Gasteiger partial charge on any atom is -0.463 e. The van der Waals surface area contributed by atoms with Crippen LogP contribution in [0.2, 0.25) is 0 Å². The van der Waals surface area contributed by atoms with Crippen molar-refractivity contribution in [2.45, 2.75) is 45.2 Å². The van der Waals surface area contributed by atoms with Gasteiger partial charge in [-0.15, -0.1) is 0 Å². The summed E-state index contributed by atoms with van der Waals surface area (Å²) in [6, 6.07) is 0. The van der Waals surface area contributed by atoms with Gasteiger partial charge in [0.15, 0.2) is 0 Å². The van der Waals surface area contributed by atoms with Gasteiger partial charge in [-0.05, 0) is 6.92 Å². The molecule has 0 aliphatic carbocycles. The Labute approximate surface area is 89.0 Å². The van der Waals surface area contributed by atoms with Crippen molar-refractivity contribution in [1.82, 2.24) is 0 Å². The number of carbonyl (C=O) groups is 1. The average molecular weight is 218 g/mol. The molecule has 0 saturated carbocycles. The maximum absolute atomic E-state index is 10.6. The van der Waals surface area contributed by atoms with Gasteiger partial charge in [0.05, 0.1) is 12.2 Å². The molecule has 0 radical (unpaired) electrons. The lowest BCUT2D eigenvalue weighted by atomic mass is 9.89. The molecule has 15 heavy (non-hydrogen) atoms. The molecule has 0 spiro atoms. The zero-order chi connectivity index (χ0) is 11.6. The number of rotatable bonds is 2. The van der Waals surface area contributed by atoms with Gasteiger partial charge in [0, 0.05) is 12.8 Å². The molecule has 0 aromatic carbocycles. The van der Waals surface area contributed by atoms with Gasteiger partial charge in [0.2, 0.25) is 0 Å². The summed E-state index contributed by atoms with van der Waals surface area (Å²) in [6.45, 7) is 4.89. The first kappa shape index (κ1) is 12.4. The quantitative estimate of drug-likeness (QED) is 0.622. The topological polar surface area (TPSA) is 76.0 Å². The predicted octanol–water partition coefficient (Wildman–Crippen LogP) is -0.305. The van der Waals surface area contributed by atoms with Crippen molar-refractivity contribution in [2.75, 3.05) is 6.61 Å². The molecule has 1 aliphatic rings. The molecule has 1 aliphatic heterocycles. The van der Waals surface area contributed by atoms with Crippen LogP contribution in [0.15, 0.2) is 0 Å². The Hall–Kier alpha value is -0.650. The molecule has 1 fully saturated rings. The van der Waals surface area contributed by atoms with Gasteiger partial charge in [-0.2, -0.15) is 0 Å². The van der Waals surface area contributed by atoms with E-state index in [-0.39, 0.29) is 18.6 Å². The predicted molar refractivity (Wildman–Crippen MR) is 52.1 cm³/mol. The standard InChI is InChI=1S/C10H18O5/c1-5-6(2)15-8(4-14-7(3)11)10(13)9(5)12/h5-6,8-10,12-13H,4H2,1-3H3/t5?,6-,8?,9+,10-/m0/s1. The number of hydrogen-bond acceptors (Lipinski definition) is 5. The van der Waals surface area contributed by atoms with Crippen LogP contribution in [0.1, 0.15) is 20.8 Å². The summed E-state index contributed by atoms with van der Waals surface area (Å²) in [7, 11) is 0. The summed E-state index contributed by atoms with van der Waals surface area (Å²) in [5.41, 5.74) is 0. The number of hydrogen-bond donors (Lipinski definition) is 2. The Morgan fingerprint density at radius 1 is 1.33 bits per heavy atom. The fourth-order valence-electron chi connectivity index (χ4n) is 1.63. The molecule has 5 atom stereocenters. The Morgan fingerprint density at radius 2 is 1.93 bits per heavy atom. The summed E-state index contributed by atoms with van der Waals surface area (Å²) in [5, 5.41) is 19.4. The zero-order valence-electron chi connectivity index (χ0n) is 9.21. The highest BCUT2D eigenvalue weighted by Gasteiger charge is 2.40. The lowest BCUT2D eigenvalue weighted by Crippen LogP contribution is -2.54. The number of ether oxygens (including phenoxy) is 2. The molecule has 0 amide bonds. The lowest BCUT2D eigenvalue weighted by Gasteiger charge is -2.39. The molecule has 2 unspecified atom stereocenters. The van der Waals surface area contributed by atoms with Crippen molar-refractivity contribution in [3.05, 3.63) is 0 Å². The van der Waals surface area contributed by atoms with E-state index in [1.165, 1.54) is 6.92 Å². The Bertz CT molecular complexity index is 230. The van der Waals surface area contributed by atoms with Crippen LogP contribution >= 0.6 is 0 Å². The first-order chi connectivity index (χ1) is 6.93. The van der Waals surface area contributed by atoms with Crippen LogP contribution in [-0.4, -0.2) is 47.2 Å². The van der Waals surface area contributed by atoms with Gasteiger partial charge in [0.25, 0.3) is 0 Å². The molecular weight excluding hydrogens is 200 g/mol. The third kappa shape index (κ3) is 2.90. The second kappa shape index (κ2) is 4.92. The van der Waals surface area contributed by atoms with E-state index in [2.05, 4.69) is 0 Å². The van der Waals surface area contributed by atoms with Crippen molar-refractivity contribution in [2.24, 2.45) is 5.92 Å². The molecule has 88 valence electrons. The minimum atomic E-state index is -1.00.